The SMILES string of the molecule is COc1cc(NCc2sccc2Br)ccc1F. The number of ether oxygens (including phenoxy) is 1. The molecule has 5 heteroatoms. The van der Waals surface area contributed by atoms with Crippen LogP contribution in [0.25, 0.3) is 0 Å². The fraction of sp³-hybridized carbons (Fsp3) is 0.167. The van der Waals surface area contributed by atoms with Gasteiger partial charge in [0, 0.05) is 21.1 Å². The molecule has 0 saturated carbocycles. The van der Waals surface area contributed by atoms with E-state index in [1.165, 1.54) is 18.1 Å². The zero-order chi connectivity index (χ0) is 12.3. The molecule has 2 rings (SSSR count). The molecular weight excluding hydrogens is 305 g/mol. The molecule has 2 nitrogen and oxygen atoms in total. The summed E-state index contributed by atoms with van der Waals surface area (Å²) in [5.41, 5.74) is 0.837. The van der Waals surface area contributed by atoms with Gasteiger partial charge in [0.1, 0.15) is 0 Å². The van der Waals surface area contributed by atoms with E-state index in [-0.39, 0.29) is 11.6 Å². The van der Waals surface area contributed by atoms with E-state index in [2.05, 4.69) is 21.2 Å². The van der Waals surface area contributed by atoms with Crippen molar-refractivity contribution in [3.63, 3.8) is 0 Å². The summed E-state index contributed by atoms with van der Waals surface area (Å²) in [6.45, 7) is 0.701. The Morgan fingerprint density at radius 1 is 1.41 bits per heavy atom. The molecule has 90 valence electrons. The van der Waals surface area contributed by atoms with E-state index >= 15 is 0 Å². The van der Waals surface area contributed by atoms with Gasteiger partial charge in [-0.3, -0.25) is 0 Å². The van der Waals surface area contributed by atoms with Gasteiger partial charge in [0.05, 0.1) is 13.7 Å². The lowest BCUT2D eigenvalue weighted by molar-refractivity contribution is 0.387. The van der Waals surface area contributed by atoms with Crippen molar-refractivity contribution < 1.29 is 9.13 Å². The van der Waals surface area contributed by atoms with Crippen molar-refractivity contribution in [2.75, 3.05) is 12.4 Å². The van der Waals surface area contributed by atoms with Gasteiger partial charge in [0.25, 0.3) is 0 Å². The molecule has 0 aliphatic heterocycles. The lowest BCUT2D eigenvalue weighted by Crippen LogP contribution is -1.99. The van der Waals surface area contributed by atoms with Gasteiger partial charge in [-0.25, -0.2) is 4.39 Å². The number of thiophene rings is 1. The second-order valence-corrected chi connectivity index (χ2v) is 5.25. The highest BCUT2D eigenvalue weighted by Gasteiger charge is 2.04. The molecule has 0 amide bonds. The Morgan fingerprint density at radius 2 is 2.24 bits per heavy atom. The highest BCUT2D eigenvalue weighted by Crippen LogP contribution is 2.25. The van der Waals surface area contributed by atoms with E-state index in [0.29, 0.717) is 6.54 Å². The third-order valence-corrected chi connectivity index (χ3v) is 4.22. The molecule has 1 aromatic carbocycles. The molecule has 1 aromatic heterocycles. The predicted octanol–water partition coefficient (Wildman–Crippen LogP) is 4.27. The number of halogens is 2. The number of methoxy groups -OCH3 is 1. The van der Waals surface area contributed by atoms with Gasteiger partial charge < -0.3 is 10.1 Å². The minimum absolute atomic E-state index is 0.250. The van der Waals surface area contributed by atoms with Crippen LogP contribution in [0, 0.1) is 5.82 Å². The minimum Gasteiger partial charge on any atom is -0.494 e. The lowest BCUT2D eigenvalue weighted by Gasteiger charge is -2.08. The Hall–Kier alpha value is -1.07. The number of anilines is 1. The van der Waals surface area contributed by atoms with Gasteiger partial charge in [-0.15, -0.1) is 11.3 Å². The molecule has 1 N–H and O–H groups in total. The second kappa shape index (κ2) is 5.51. The Bertz CT molecular complexity index is 515. The molecule has 0 bridgehead atoms. The predicted molar refractivity (Wildman–Crippen MR) is 72.3 cm³/mol. The average Bonchev–Trinajstić information content (AvgIpc) is 2.74. The lowest BCUT2D eigenvalue weighted by atomic mass is 10.3. The number of benzene rings is 1. The van der Waals surface area contributed by atoms with Crippen LogP contribution in [0.1, 0.15) is 4.88 Å². The highest BCUT2D eigenvalue weighted by molar-refractivity contribution is 9.10. The summed E-state index contributed by atoms with van der Waals surface area (Å²) in [4.78, 5) is 1.20. The topological polar surface area (TPSA) is 21.3 Å². The van der Waals surface area contributed by atoms with Gasteiger partial charge in [-0.2, -0.15) is 0 Å². The second-order valence-electron chi connectivity index (χ2n) is 3.39. The zero-order valence-corrected chi connectivity index (χ0v) is 11.6. The van der Waals surface area contributed by atoms with Gasteiger partial charge in [0.15, 0.2) is 11.6 Å². The van der Waals surface area contributed by atoms with Gasteiger partial charge in [-0.1, -0.05) is 0 Å². The first-order valence-corrected chi connectivity index (χ1v) is 6.67. The van der Waals surface area contributed by atoms with E-state index in [1.807, 2.05) is 11.4 Å². The summed E-state index contributed by atoms with van der Waals surface area (Å²) in [5.74, 6) is -0.101. The maximum atomic E-state index is 13.2. The van der Waals surface area contributed by atoms with Gasteiger partial charge >= 0.3 is 0 Å². The largest absolute Gasteiger partial charge is 0.494 e. The smallest absolute Gasteiger partial charge is 0.165 e. The molecule has 0 aliphatic rings. The van der Waals surface area contributed by atoms with Crippen LogP contribution in [0.15, 0.2) is 34.1 Å². The Labute approximate surface area is 112 Å². The van der Waals surface area contributed by atoms with Crippen LogP contribution in [0.2, 0.25) is 0 Å². The van der Waals surface area contributed by atoms with Crippen molar-refractivity contribution in [2.45, 2.75) is 6.54 Å². The van der Waals surface area contributed by atoms with Crippen molar-refractivity contribution in [1.29, 1.82) is 0 Å². The van der Waals surface area contributed by atoms with Crippen molar-refractivity contribution in [3.8, 4) is 5.75 Å². The summed E-state index contributed by atoms with van der Waals surface area (Å²) in [5, 5.41) is 5.24. The monoisotopic (exact) mass is 315 g/mol. The van der Waals surface area contributed by atoms with E-state index in [9.17, 15) is 4.39 Å². The maximum Gasteiger partial charge on any atom is 0.165 e. The van der Waals surface area contributed by atoms with Gasteiger partial charge in [0.2, 0.25) is 0 Å². The molecule has 0 atom stereocenters. The van der Waals surface area contributed by atoms with Crippen LogP contribution in [0.4, 0.5) is 10.1 Å². The molecule has 17 heavy (non-hydrogen) atoms. The van der Waals surface area contributed by atoms with E-state index < -0.39 is 0 Å². The van der Waals surface area contributed by atoms with Crippen molar-refractivity contribution in [1.82, 2.24) is 0 Å². The van der Waals surface area contributed by atoms with Crippen LogP contribution in [-0.4, -0.2) is 7.11 Å². The molecule has 0 fully saturated rings. The molecule has 0 radical (unpaired) electrons. The summed E-state index contributed by atoms with van der Waals surface area (Å²) < 4.78 is 19.2. The minimum atomic E-state index is -0.352. The van der Waals surface area contributed by atoms with Crippen molar-refractivity contribution in [2.24, 2.45) is 0 Å². The first-order valence-electron chi connectivity index (χ1n) is 5.00. The quantitative estimate of drug-likeness (QED) is 0.909. The normalized spacial score (nSPS) is 10.3. The summed E-state index contributed by atoms with van der Waals surface area (Å²) in [6.07, 6.45) is 0. The van der Waals surface area contributed by atoms with E-state index in [4.69, 9.17) is 4.74 Å². The Morgan fingerprint density at radius 3 is 2.88 bits per heavy atom. The first-order chi connectivity index (χ1) is 8.20. The van der Waals surface area contributed by atoms with Crippen LogP contribution >= 0.6 is 27.3 Å². The molecule has 0 aliphatic carbocycles. The first kappa shape index (κ1) is 12.4. The number of hydrogen-bond donors (Lipinski definition) is 1. The molecular formula is C12H11BrFNOS. The van der Waals surface area contributed by atoms with E-state index in [1.54, 1.807) is 23.5 Å². The number of hydrogen-bond acceptors (Lipinski definition) is 3. The van der Waals surface area contributed by atoms with Crippen molar-refractivity contribution >= 4 is 33.0 Å². The number of nitrogens with one attached hydrogen (secondary N) is 1. The summed E-state index contributed by atoms with van der Waals surface area (Å²) in [7, 11) is 1.46. The van der Waals surface area contributed by atoms with Crippen LogP contribution < -0.4 is 10.1 Å². The van der Waals surface area contributed by atoms with Crippen LogP contribution in [0.5, 0.6) is 5.75 Å². The molecule has 2 aromatic rings. The molecule has 0 saturated heterocycles. The van der Waals surface area contributed by atoms with Crippen molar-refractivity contribution in [3.05, 3.63) is 44.8 Å². The standard InChI is InChI=1S/C12H11BrFNOS/c1-16-11-6-8(2-3-10(11)14)15-7-12-9(13)4-5-17-12/h2-6,15H,7H2,1H3. The summed E-state index contributed by atoms with van der Waals surface area (Å²) >= 11 is 5.13. The molecule has 1 heterocycles. The third-order valence-electron chi connectivity index (χ3n) is 2.30. The third kappa shape index (κ3) is 2.98. The molecule has 0 unspecified atom stereocenters. The van der Waals surface area contributed by atoms with Gasteiger partial charge in [-0.05, 0) is 39.5 Å². The average molecular weight is 316 g/mol. The van der Waals surface area contributed by atoms with Crippen LogP contribution in [0.3, 0.4) is 0 Å². The van der Waals surface area contributed by atoms with E-state index in [0.717, 1.165) is 10.2 Å². The van der Waals surface area contributed by atoms with Crippen LogP contribution in [-0.2, 0) is 6.54 Å². The highest BCUT2D eigenvalue weighted by atomic mass is 79.9. The molecule has 0 spiro atoms. The zero-order valence-electron chi connectivity index (χ0n) is 9.17. The number of rotatable bonds is 4. The maximum absolute atomic E-state index is 13.2. The Kier molecular flexibility index (Phi) is 4.02. The Balaban J connectivity index is 2.07. The fourth-order valence-corrected chi connectivity index (χ4v) is 2.84. The summed E-state index contributed by atoms with van der Waals surface area (Å²) in [6, 6.07) is 6.74. The fourth-order valence-electron chi connectivity index (χ4n) is 1.40.